The summed E-state index contributed by atoms with van der Waals surface area (Å²) in [4.78, 5) is 21.4. The van der Waals surface area contributed by atoms with Crippen molar-refractivity contribution in [1.82, 2.24) is 0 Å². The molecular formula is C11H16O4. The predicted octanol–water partition coefficient (Wildman–Crippen LogP) is 1.77. The average molecular weight is 212 g/mol. The Morgan fingerprint density at radius 1 is 1.20 bits per heavy atom. The molecule has 0 aromatic heterocycles. The summed E-state index contributed by atoms with van der Waals surface area (Å²) in [6.45, 7) is 5.65. The van der Waals surface area contributed by atoms with E-state index in [1.54, 1.807) is 0 Å². The molecule has 0 aromatic carbocycles. The second-order valence-corrected chi connectivity index (χ2v) is 4.04. The number of hydrogen-bond donors (Lipinski definition) is 1. The van der Waals surface area contributed by atoms with Crippen LogP contribution in [0.1, 0.15) is 20.8 Å². The highest BCUT2D eigenvalue weighted by Gasteiger charge is 2.16. The monoisotopic (exact) mass is 212 g/mol. The zero-order valence-corrected chi connectivity index (χ0v) is 9.40. The molecule has 0 saturated carbocycles. The second-order valence-electron chi connectivity index (χ2n) is 4.04. The summed E-state index contributed by atoms with van der Waals surface area (Å²) in [5.41, 5.74) is 0.303. The van der Waals surface area contributed by atoms with Gasteiger partial charge in [-0.05, 0) is 11.0 Å². The lowest BCUT2D eigenvalue weighted by atomic mass is 9.86. The first-order valence-corrected chi connectivity index (χ1v) is 4.48. The third-order valence-electron chi connectivity index (χ3n) is 1.75. The normalized spacial score (nSPS) is 12.9. The van der Waals surface area contributed by atoms with Gasteiger partial charge in [-0.1, -0.05) is 26.8 Å². The van der Waals surface area contributed by atoms with Crippen LogP contribution in [0.25, 0.3) is 0 Å². The molecule has 0 bridgehead atoms. The Morgan fingerprint density at radius 3 is 2.07 bits per heavy atom. The van der Waals surface area contributed by atoms with Crippen molar-refractivity contribution in [2.75, 3.05) is 7.11 Å². The topological polar surface area (TPSA) is 63.6 Å². The zero-order valence-electron chi connectivity index (χ0n) is 9.40. The van der Waals surface area contributed by atoms with Crippen molar-refractivity contribution in [1.29, 1.82) is 0 Å². The van der Waals surface area contributed by atoms with E-state index in [4.69, 9.17) is 5.11 Å². The van der Waals surface area contributed by atoms with Crippen molar-refractivity contribution in [2.45, 2.75) is 20.8 Å². The standard InChI is InChI=1S/C11H16O4/c1-11(2,3)8(5-6-9(12)13)7-10(14)15-4/h5-7H,1-4H3,(H,12,13). The summed E-state index contributed by atoms with van der Waals surface area (Å²) in [5, 5.41) is 8.49. The van der Waals surface area contributed by atoms with E-state index in [0.717, 1.165) is 6.08 Å². The minimum atomic E-state index is -1.05. The lowest BCUT2D eigenvalue weighted by molar-refractivity contribution is -0.135. The van der Waals surface area contributed by atoms with Gasteiger partial charge in [-0.15, -0.1) is 0 Å². The average Bonchev–Trinajstić information content (AvgIpc) is 2.09. The summed E-state index contributed by atoms with van der Waals surface area (Å²) in [6, 6.07) is 0. The number of methoxy groups -OCH3 is 1. The Hall–Kier alpha value is -1.58. The molecule has 0 aliphatic heterocycles. The van der Waals surface area contributed by atoms with Gasteiger partial charge in [0.2, 0.25) is 0 Å². The number of ether oxygens (including phenoxy) is 1. The number of carboxylic acid groups (broad SMARTS) is 1. The highest BCUT2D eigenvalue weighted by molar-refractivity contribution is 5.85. The van der Waals surface area contributed by atoms with E-state index in [9.17, 15) is 9.59 Å². The van der Waals surface area contributed by atoms with Crippen LogP contribution in [-0.4, -0.2) is 24.2 Å². The molecule has 0 amide bonds. The van der Waals surface area contributed by atoms with Crippen LogP contribution in [0.15, 0.2) is 23.8 Å². The fourth-order valence-electron chi connectivity index (χ4n) is 0.862. The molecular weight excluding hydrogens is 196 g/mol. The van der Waals surface area contributed by atoms with Gasteiger partial charge in [0.05, 0.1) is 7.11 Å². The van der Waals surface area contributed by atoms with Gasteiger partial charge in [0.1, 0.15) is 0 Å². The van der Waals surface area contributed by atoms with E-state index in [0.29, 0.717) is 5.57 Å². The van der Waals surface area contributed by atoms with E-state index < -0.39 is 11.9 Å². The first-order chi connectivity index (χ1) is 6.77. The Balaban J connectivity index is 4.99. The number of carbonyl (C=O) groups is 2. The highest BCUT2D eigenvalue weighted by atomic mass is 16.5. The number of carboxylic acids is 1. The van der Waals surface area contributed by atoms with Crippen LogP contribution in [0.5, 0.6) is 0 Å². The molecule has 0 heterocycles. The number of hydrogen-bond acceptors (Lipinski definition) is 3. The molecule has 0 atom stereocenters. The molecule has 0 saturated heterocycles. The number of rotatable bonds is 3. The molecule has 4 nitrogen and oxygen atoms in total. The maximum Gasteiger partial charge on any atom is 0.330 e. The Bertz CT molecular complexity index is 305. The molecule has 0 spiro atoms. The van der Waals surface area contributed by atoms with Crippen LogP contribution < -0.4 is 0 Å². The van der Waals surface area contributed by atoms with E-state index in [1.165, 1.54) is 19.3 Å². The van der Waals surface area contributed by atoms with Crippen LogP contribution in [0.4, 0.5) is 0 Å². The summed E-state index contributed by atoms with van der Waals surface area (Å²) >= 11 is 0. The van der Waals surface area contributed by atoms with Gasteiger partial charge in [0.15, 0.2) is 0 Å². The number of esters is 1. The van der Waals surface area contributed by atoms with Gasteiger partial charge >= 0.3 is 11.9 Å². The first-order valence-electron chi connectivity index (χ1n) is 4.48. The third kappa shape index (κ3) is 5.67. The number of carbonyl (C=O) groups excluding carboxylic acids is 1. The van der Waals surface area contributed by atoms with E-state index in [1.807, 2.05) is 20.8 Å². The Labute approximate surface area is 89.2 Å². The van der Waals surface area contributed by atoms with Crippen molar-refractivity contribution < 1.29 is 19.4 Å². The lowest BCUT2D eigenvalue weighted by Crippen LogP contribution is -2.10. The minimum Gasteiger partial charge on any atom is -0.478 e. The molecule has 0 unspecified atom stereocenters. The van der Waals surface area contributed by atoms with E-state index in [2.05, 4.69) is 4.74 Å². The molecule has 84 valence electrons. The molecule has 15 heavy (non-hydrogen) atoms. The molecule has 0 radical (unpaired) electrons. The fraction of sp³-hybridized carbons (Fsp3) is 0.455. The second kappa shape index (κ2) is 5.34. The van der Waals surface area contributed by atoms with E-state index in [-0.39, 0.29) is 5.41 Å². The maximum absolute atomic E-state index is 11.0. The molecule has 0 aliphatic rings. The highest BCUT2D eigenvalue weighted by Crippen LogP contribution is 2.26. The lowest BCUT2D eigenvalue weighted by Gasteiger charge is -2.19. The molecule has 4 heteroatoms. The van der Waals surface area contributed by atoms with Gasteiger partial charge in [-0.3, -0.25) is 0 Å². The largest absolute Gasteiger partial charge is 0.478 e. The molecule has 1 N–H and O–H groups in total. The number of allylic oxidation sites excluding steroid dienone is 2. The zero-order chi connectivity index (χ0) is 12.1. The maximum atomic E-state index is 11.0. The number of aliphatic carboxylic acids is 1. The Morgan fingerprint density at radius 2 is 1.73 bits per heavy atom. The quantitative estimate of drug-likeness (QED) is 0.440. The van der Waals surface area contributed by atoms with Crippen molar-refractivity contribution in [2.24, 2.45) is 5.41 Å². The van der Waals surface area contributed by atoms with Crippen LogP contribution in [0.2, 0.25) is 0 Å². The van der Waals surface area contributed by atoms with Gasteiger partial charge in [0.25, 0.3) is 0 Å². The van der Waals surface area contributed by atoms with Gasteiger partial charge in [-0.25, -0.2) is 9.59 Å². The summed E-state index contributed by atoms with van der Waals surface area (Å²) in [6.07, 6.45) is 3.69. The van der Waals surface area contributed by atoms with Crippen LogP contribution in [0, 0.1) is 5.41 Å². The van der Waals surface area contributed by atoms with Crippen molar-refractivity contribution in [3.05, 3.63) is 23.8 Å². The molecule has 0 rings (SSSR count). The minimum absolute atomic E-state index is 0.305. The Kier molecular flexibility index (Phi) is 4.78. The van der Waals surface area contributed by atoms with E-state index >= 15 is 0 Å². The molecule has 0 aromatic rings. The summed E-state index contributed by atoms with van der Waals surface area (Å²) in [7, 11) is 1.28. The molecule has 0 aliphatic carbocycles. The summed E-state index contributed by atoms with van der Waals surface area (Å²) < 4.78 is 4.49. The summed E-state index contributed by atoms with van der Waals surface area (Å²) in [5.74, 6) is -1.54. The first kappa shape index (κ1) is 13.4. The van der Waals surface area contributed by atoms with Crippen molar-refractivity contribution in [3.8, 4) is 0 Å². The molecule has 0 fully saturated rings. The smallest absolute Gasteiger partial charge is 0.330 e. The van der Waals surface area contributed by atoms with Crippen molar-refractivity contribution >= 4 is 11.9 Å². The van der Waals surface area contributed by atoms with Gasteiger partial charge < -0.3 is 9.84 Å². The fourth-order valence-corrected chi connectivity index (χ4v) is 0.862. The van der Waals surface area contributed by atoms with Crippen LogP contribution in [0.3, 0.4) is 0 Å². The predicted molar refractivity (Wildman–Crippen MR) is 56.3 cm³/mol. The SMILES string of the molecule is COC(=O)C=C(C=CC(=O)O)C(C)(C)C. The van der Waals surface area contributed by atoms with Gasteiger partial charge in [0, 0.05) is 12.2 Å². The third-order valence-corrected chi connectivity index (χ3v) is 1.75. The van der Waals surface area contributed by atoms with Gasteiger partial charge in [-0.2, -0.15) is 0 Å². The van der Waals surface area contributed by atoms with Crippen LogP contribution >= 0.6 is 0 Å². The van der Waals surface area contributed by atoms with Crippen molar-refractivity contribution in [3.63, 3.8) is 0 Å². The van der Waals surface area contributed by atoms with Crippen LogP contribution in [-0.2, 0) is 14.3 Å².